The van der Waals surface area contributed by atoms with Gasteiger partial charge < -0.3 is 10.0 Å². The summed E-state index contributed by atoms with van der Waals surface area (Å²) < 4.78 is 14.6. The van der Waals surface area contributed by atoms with Crippen molar-refractivity contribution in [1.82, 2.24) is 4.90 Å². The molecule has 0 saturated heterocycles. The standard InChI is InChI=1S/C24H29ClFNO/c1-27(2)17-20-12-7-6-11-19(15-18-9-4-3-5-10-18)24(20,28)16-21-22(25)13-8-14-23(21)26/h3-5,8-10,13-15,20,28H,6-7,11-12,16-17H2,1-2H3. The molecule has 4 heteroatoms. The lowest BCUT2D eigenvalue weighted by molar-refractivity contribution is 0.00455. The highest BCUT2D eigenvalue weighted by Crippen LogP contribution is 2.41. The third kappa shape index (κ3) is 4.83. The van der Waals surface area contributed by atoms with Gasteiger partial charge in [0.15, 0.2) is 0 Å². The first-order chi connectivity index (χ1) is 13.4. The van der Waals surface area contributed by atoms with Crippen LogP contribution in [-0.2, 0) is 6.42 Å². The Bertz CT molecular complexity index is 800. The fourth-order valence-corrected chi connectivity index (χ4v) is 4.51. The van der Waals surface area contributed by atoms with Crippen LogP contribution < -0.4 is 0 Å². The normalized spacial score (nSPS) is 24.5. The van der Waals surface area contributed by atoms with Crippen LogP contribution in [-0.4, -0.2) is 36.2 Å². The molecule has 0 heterocycles. The van der Waals surface area contributed by atoms with E-state index in [4.69, 9.17) is 11.6 Å². The van der Waals surface area contributed by atoms with Crippen molar-refractivity contribution in [2.75, 3.05) is 20.6 Å². The maximum atomic E-state index is 14.6. The summed E-state index contributed by atoms with van der Waals surface area (Å²) in [6, 6.07) is 14.8. The van der Waals surface area contributed by atoms with Gasteiger partial charge in [-0.1, -0.05) is 60.5 Å². The highest BCUT2D eigenvalue weighted by atomic mass is 35.5. The van der Waals surface area contributed by atoms with E-state index in [1.165, 1.54) is 6.07 Å². The van der Waals surface area contributed by atoms with Crippen LogP contribution in [0, 0.1) is 11.7 Å². The van der Waals surface area contributed by atoms with Crippen LogP contribution >= 0.6 is 11.6 Å². The lowest BCUT2D eigenvalue weighted by atomic mass is 9.74. The summed E-state index contributed by atoms with van der Waals surface area (Å²) in [6.45, 7) is 0.745. The van der Waals surface area contributed by atoms with Crippen molar-refractivity contribution in [2.45, 2.75) is 37.7 Å². The molecule has 2 aromatic rings. The fourth-order valence-electron chi connectivity index (χ4n) is 4.28. The van der Waals surface area contributed by atoms with Crippen LogP contribution in [0.4, 0.5) is 4.39 Å². The van der Waals surface area contributed by atoms with Crippen molar-refractivity contribution in [3.63, 3.8) is 0 Å². The minimum atomic E-state index is -1.14. The molecule has 1 saturated carbocycles. The Hall–Kier alpha value is -1.68. The molecule has 2 aromatic carbocycles. The first-order valence-corrected chi connectivity index (χ1v) is 10.3. The second-order valence-electron chi connectivity index (χ2n) is 8.09. The lowest BCUT2D eigenvalue weighted by Crippen LogP contribution is -2.46. The smallest absolute Gasteiger partial charge is 0.128 e. The third-order valence-corrected chi connectivity index (χ3v) is 6.07. The Morgan fingerprint density at radius 3 is 2.57 bits per heavy atom. The van der Waals surface area contributed by atoms with Gasteiger partial charge in [-0.3, -0.25) is 0 Å². The molecule has 0 aromatic heterocycles. The summed E-state index contributed by atoms with van der Waals surface area (Å²) in [5, 5.41) is 12.4. The lowest BCUT2D eigenvalue weighted by Gasteiger charge is -2.39. The van der Waals surface area contributed by atoms with E-state index in [0.29, 0.717) is 10.6 Å². The quantitative estimate of drug-likeness (QED) is 0.660. The van der Waals surface area contributed by atoms with Crippen LogP contribution in [0.25, 0.3) is 6.08 Å². The molecule has 150 valence electrons. The minimum absolute atomic E-state index is 0.00985. The van der Waals surface area contributed by atoms with Crippen molar-refractivity contribution >= 4 is 17.7 Å². The summed E-state index contributed by atoms with van der Waals surface area (Å²) in [5.74, 6) is -0.344. The first-order valence-electron chi connectivity index (χ1n) is 9.96. The Morgan fingerprint density at radius 2 is 1.89 bits per heavy atom. The van der Waals surface area contributed by atoms with Gasteiger partial charge in [0.1, 0.15) is 5.82 Å². The van der Waals surface area contributed by atoms with Crippen molar-refractivity contribution in [3.8, 4) is 0 Å². The summed E-state index contributed by atoms with van der Waals surface area (Å²) in [6.07, 6.45) is 6.07. The summed E-state index contributed by atoms with van der Waals surface area (Å²) >= 11 is 6.33. The zero-order valence-corrected chi connectivity index (χ0v) is 17.4. The molecule has 0 radical (unpaired) electrons. The highest BCUT2D eigenvalue weighted by molar-refractivity contribution is 6.31. The Labute approximate surface area is 172 Å². The van der Waals surface area contributed by atoms with Crippen molar-refractivity contribution in [2.24, 2.45) is 5.92 Å². The van der Waals surface area contributed by atoms with Gasteiger partial charge in [-0.2, -0.15) is 0 Å². The molecule has 2 atom stereocenters. The summed E-state index contributed by atoms with van der Waals surface area (Å²) in [7, 11) is 4.03. The van der Waals surface area contributed by atoms with Crippen molar-refractivity contribution in [3.05, 3.63) is 76.1 Å². The van der Waals surface area contributed by atoms with E-state index in [1.807, 2.05) is 44.4 Å². The molecular formula is C24H29ClFNO. The molecule has 1 fully saturated rings. The molecule has 3 rings (SSSR count). The molecule has 2 nitrogen and oxygen atoms in total. The van der Waals surface area contributed by atoms with E-state index in [2.05, 4.69) is 11.0 Å². The Morgan fingerprint density at radius 1 is 1.14 bits per heavy atom. The SMILES string of the molecule is CN(C)CC1CCCCC(=Cc2ccccc2)C1(O)Cc1c(F)cccc1Cl. The number of benzene rings is 2. The summed E-state index contributed by atoms with van der Waals surface area (Å²) in [4.78, 5) is 2.10. The van der Waals surface area contributed by atoms with Crippen LogP contribution in [0.1, 0.15) is 36.8 Å². The van der Waals surface area contributed by atoms with E-state index in [9.17, 15) is 9.50 Å². The predicted octanol–water partition coefficient (Wildman–Crippen LogP) is 5.59. The van der Waals surface area contributed by atoms with E-state index in [0.717, 1.165) is 43.4 Å². The number of hydrogen-bond donors (Lipinski definition) is 1. The van der Waals surface area contributed by atoms with Gasteiger partial charge in [0.25, 0.3) is 0 Å². The molecule has 1 aliphatic carbocycles. The number of rotatable bonds is 5. The number of aliphatic hydroxyl groups is 1. The monoisotopic (exact) mass is 401 g/mol. The van der Waals surface area contributed by atoms with Gasteiger partial charge in [0.2, 0.25) is 0 Å². The van der Waals surface area contributed by atoms with Gasteiger partial charge in [-0.15, -0.1) is 0 Å². The summed E-state index contributed by atoms with van der Waals surface area (Å²) in [5.41, 5.74) is 1.29. The van der Waals surface area contributed by atoms with E-state index < -0.39 is 5.60 Å². The van der Waals surface area contributed by atoms with E-state index >= 15 is 0 Å². The average molecular weight is 402 g/mol. The topological polar surface area (TPSA) is 23.5 Å². The number of nitrogens with zero attached hydrogens (tertiary/aromatic N) is 1. The highest BCUT2D eigenvalue weighted by Gasteiger charge is 2.42. The van der Waals surface area contributed by atoms with Crippen LogP contribution in [0.5, 0.6) is 0 Å². The van der Waals surface area contributed by atoms with Crippen LogP contribution in [0.3, 0.4) is 0 Å². The van der Waals surface area contributed by atoms with Gasteiger partial charge in [-0.25, -0.2) is 4.39 Å². The maximum absolute atomic E-state index is 14.6. The van der Waals surface area contributed by atoms with Crippen molar-refractivity contribution < 1.29 is 9.50 Å². The van der Waals surface area contributed by atoms with Crippen LogP contribution in [0.2, 0.25) is 5.02 Å². The average Bonchev–Trinajstić information content (AvgIpc) is 2.79. The second kappa shape index (κ2) is 9.21. The van der Waals surface area contributed by atoms with Gasteiger partial charge in [0.05, 0.1) is 5.60 Å². The Kier molecular flexibility index (Phi) is 6.92. The Balaban J connectivity index is 2.08. The molecule has 28 heavy (non-hydrogen) atoms. The molecule has 0 bridgehead atoms. The van der Waals surface area contributed by atoms with Gasteiger partial charge >= 0.3 is 0 Å². The molecule has 0 spiro atoms. The predicted molar refractivity (Wildman–Crippen MR) is 115 cm³/mol. The van der Waals surface area contributed by atoms with E-state index in [-0.39, 0.29) is 18.2 Å². The largest absolute Gasteiger partial charge is 0.385 e. The maximum Gasteiger partial charge on any atom is 0.128 e. The zero-order valence-electron chi connectivity index (χ0n) is 16.7. The molecule has 1 aliphatic rings. The zero-order chi connectivity index (χ0) is 20.1. The van der Waals surface area contributed by atoms with Gasteiger partial charge in [0, 0.05) is 29.5 Å². The molecule has 2 unspecified atom stereocenters. The molecule has 0 amide bonds. The minimum Gasteiger partial charge on any atom is -0.385 e. The van der Waals surface area contributed by atoms with E-state index in [1.54, 1.807) is 12.1 Å². The fraction of sp³-hybridized carbons (Fsp3) is 0.417. The molecular weight excluding hydrogens is 373 g/mol. The third-order valence-electron chi connectivity index (χ3n) is 5.71. The number of halogens is 2. The molecule has 1 N–H and O–H groups in total. The van der Waals surface area contributed by atoms with Gasteiger partial charge in [-0.05, 0) is 56.6 Å². The first kappa shape index (κ1) is 21.0. The van der Waals surface area contributed by atoms with Crippen molar-refractivity contribution in [1.29, 1.82) is 0 Å². The van der Waals surface area contributed by atoms with Crippen LogP contribution in [0.15, 0.2) is 54.1 Å². The number of hydrogen-bond acceptors (Lipinski definition) is 2. The molecule has 0 aliphatic heterocycles. The second-order valence-corrected chi connectivity index (χ2v) is 8.49.